The minimum atomic E-state index is -1.04. The van der Waals surface area contributed by atoms with Crippen LogP contribution in [0.5, 0.6) is 0 Å². The number of aromatic carboxylic acids is 1. The molecule has 0 spiro atoms. The lowest BCUT2D eigenvalue weighted by Crippen LogP contribution is -2.47. The molecule has 0 atom stereocenters. The summed E-state index contributed by atoms with van der Waals surface area (Å²) in [5.41, 5.74) is 2.94. The monoisotopic (exact) mass is 672 g/mol. The van der Waals surface area contributed by atoms with Crippen LogP contribution in [0.25, 0.3) is 22.0 Å². The lowest BCUT2D eigenvalue weighted by atomic mass is 9.59. The average Bonchev–Trinajstić information content (AvgIpc) is 3.86. The molecule has 5 fully saturated rings. The molecule has 9 nitrogen and oxygen atoms in total. The van der Waals surface area contributed by atoms with Gasteiger partial charge in [-0.25, -0.2) is 9.78 Å². The Morgan fingerprint density at radius 2 is 1.77 bits per heavy atom. The largest absolute Gasteiger partial charge is 0.477 e. The molecule has 4 heterocycles. The summed E-state index contributed by atoms with van der Waals surface area (Å²) in [6, 6.07) is 7.62. The van der Waals surface area contributed by atoms with Crippen LogP contribution in [0.15, 0.2) is 41.2 Å². The minimum absolute atomic E-state index is 0.0424. The van der Waals surface area contributed by atoms with Gasteiger partial charge in [0.05, 0.1) is 35.5 Å². The molecule has 0 amide bonds. The molecular formula is C36H34Cl2N4O5. The van der Waals surface area contributed by atoms with Crippen molar-refractivity contribution in [2.24, 2.45) is 5.41 Å². The predicted octanol–water partition coefficient (Wildman–Crippen LogP) is 7.67. The van der Waals surface area contributed by atoms with Gasteiger partial charge in [0, 0.05) is 58.9 Å². The number of pyridine rings is 2. The zero-order valence-electron chi connectivity index (χ0n) is 25.9. The second-order valence-corrected chi connectivity index (χ2v) is 14.1. The predicted molar refractivity (Wildman–Crippen MR) is 178 cm³/mol. The summed E-state index contributed by atoms with van der Waals surface area (Å²) in [6.45, 7) is 2.91. The summed E-state index contributed by atoms with van der Waals surface area (Å²) < 4.78 is 18.2. The maximum absolute atomic E-state index is 11.8. The van der Waals surface area contributed by atoms with Gasteiger partial charge in [0.2, 0.25) is 0 Å². The molecule has 1 aromatic carbocycles. The number of benzene rings is 1. The van der Waals surface area contributed by atoms with Crippen molar-refractivity contribution in [3.05, 3.63) is 69.3 Å². The zero-order valence-corrected chi connectivity index (χ0v) is 27.4. The van der Waals surface area contributed by atoms with E-state index in [-0.39, 0.29) is 16.7 Å². The van der Waals surface area contributed by atoms with Crippen molar-refractivity contribution in [1.29, 1.82) is 0 Å². The van der Waals surface area contributed by atoms with Gasteiger partial charge in [0.25, 0.3) is 0 Å². The second kappa shape index (κ2) is 12.1. The molecule has 11 heteroatoms. The van der Waals surface area contributed by atoms with Crippen LogP contribution in [-0.2, 0) is 16.1 Å². The van der Waals surface area contributed by atoms with Gasteiger partial charge >= 0.3 is 5.97 Å². The van der Waals surface area contributed by atoms with Gasteiger partial charge in [-0.1, -0.05) is 46.3 Å². The van der Waals surface area contributed by atoms with E-state index in [0.717, 1.165) is 79.0 Å². The fraction of sp³-hybridized carbons (Fsp3) is 0.444. The number of halogens is 2. The van der Waals surface area contributed by atoms with Crippen molar-refractivity contribution < 1.29 is 23.9 Å². The normalized spacial score (nSPS) is 23.9. The molecule has 0 unspecified atom stereocenters. The Bertz CT molecular complexity index is 1890. The first-order valence-corrected chi connectivity index (χ1v) is 17.0. The smallest absolute Gasteiger partial charge is 0.354 e. The third-order valence-electron chi connectivity index (χ3n) is 10.4. The lowest BCUT2D eigenvalue weighted by Gasteiger charge is -2.51. The number of morpholine rings is 1. The number of hydrogen-bond acceptors (Lipinski definition) is 8. The van der Waals surface area contributed by atoms with Crippen molar-refractivity contribution in [1.82, 2.24) is 15.1 Å². The standard InChI is InChI=1S/C36H34Cl2N4O5/c37-27-19-39-20-28(38)30(27)31-26(32(47-41-31)23-3-4-23)21-46-36-10-7-35(8-11-36,9-12-36)6-5-22-1-2-24-18-29(34(43)44)40-33(25(24)17-22)42-13-15-45-16-14-42/h1-2,17-20,23H,3-4,7-16,21H2,(H,43,44). The van der Waals surface area contributed by atoms with E-state index in [2.05, 4.69) is 37.9 Å². The maximum Gasteiger partial charge on any atom is 0.354 e. The summed E-state index contributed by atoms with van der Waals surface area (Å²) in [6.07, 6.45) is 11.1. The Morgan fingerprint density at radius 3 is 2.45 bits per heavy atom. The van der Waals surface area contributed by atoms with Gasteiger partial charge < -0.3 is 24.0 Å². The molecule has 4 saturated carbocycles. The van der Waals surface area contributed by atoms with Crippen molar-refractivity contribution in [2.75, 3.05) is 31.2 Å². The Balaban J connectivity index is 1.00. The highest BCUT2D eigenvalue weighted by Crippen LogP contribution is 2.54. The first-order valence-electron chi connectivity index (χ1n) is 16.3. The number of fused-ring (bicyclic) bond motifs is 4. The Hall–Kier alpha value is -3.68. The first kappa shape index (κ1) is 30.6. The highest BCUT2D eigenvalue weighted by atomic mass is 35.5. The van der Waals surface area contributed by atoms with E-state index < -0.39 is 5.97 Å². The van der Waals surface area contributed by atoms with Crippen molar-refractivity contribution >= 4 is 45.8 Å². The van der Waals surface area contributed by atoms with E-state index in [1.54, 1.807) is 18.5 Å². The average molecular weight is 674 g/mol. The quantitative estimate of drug-likeness (QED) is 0.198. The summed E-state index contributed by atoms with van der Waals surface area (Å²) in [5.74, 6) is 8.06. The number of carboxylic acid groups (broad SMARTS) is 1. The fourth-order valence-electron chi connectivity index (χ4n) is 7.38. The number of nitrogens with zero attached hydrogens (tertiary/aromatic N) is 4. The molecule has 0 radical (unpaired) electrons. The van der Waals surface area contributed by atoms with Crippen LogP contribution in [0.3, 0.4) is 0 Å². The summed E-state index contributed by atoms with van der Waals surface area (Å²) >= 11 is 13.0. The Labute approximate surface area is 282 Å². The molecule has 1 aliphatic heterocycles. The van der Waals surface area contributed by atoms with E-state index in [1.165, 1.54) is 0 Å². The van der Waals surface area contributed by atoms with Crippen LogP contribution >= 0.6 is 23.2 Å². The number of carboxylic acids is 1. The first-order chi connectivity index (χ1) is 22.8. The molecule has 242 valence electrons. The van der Waals surface area contributed by atoms with Gasteiger partial charge in [0.15, 0.2) is 5.69 Å². The van der Waals surface area contributed by atoms with E-state index in [1.807, 2.05) is 12.1 Å². The second-order valence-electron chi connectivity index (χ2n) is 13.3. The van der Waals surface area contributed by atoms with Crippen molar-refractivity contribution in [3.63, 3.8) is 0 Å². The number of ether oxygens (including phenoxy) is 2. The van der Waals surface area contributed by atoms with Crippen LogP contribution in [-0.4, -0.2) is 58.1 Å². The van der Waals surface area contributed by atoms with Crippen molar-refractivity contribution in [3.8, 4) is 23.1 Å². The summed E-state index contributed by atoms with van der Waals surface area (Å²) in [5, 5.41) is 16.7. The SMILES string of the molecule is O=C(O)c1cc2ccc(C#CC34CCC(OCc5c(-c6c(Cl)cncc6Cl)noc5C5CC5)(CC3)CC4)cc2c(N2CCOCC2)n1. The van der Waals surface area contributed by atoms with Crippen LogP contribution in [0.4, 0.5) is 5.82 Å². The fourth-order valence-corrected chi connectivity index (χ4v) is 7.92. The maximum atomic E-state index is 11.8. The number of hydrogen-bond donors (Lipinski definition) is 1. The van der Waals surface area contributed by atoms with E-state index >= 15 is 0 Å². The van der Waals surface area contributed by atoms with Crippen LogP contribution < -0.4 is 4.90 Å². The number of anilines is 1. The van der Waals surface area contributed by atoms with E-state index in [4.69, 9.17) is 37.2 Å². The molecule has 47 heavy (non-hydrogen) atoms. The highest BCUT2D eigenvalue weighted by molar-refractivity contribution is 6.38. The molecule has 5 aliphatic rings. The topological polar surface area (TPSA) is 111 Å². The highest BCUT2D eigenvalue weighted by Gasteiger charge is 2.49. The number of rotatable bonds is 7. The molecule has 2 bridgehead atoms. The third-order valence-corrected chi connectivity index (χ3v) is 10.9. The van der Waals surface area contributed by atoms with E-state index in [0.29, 0.717) is 65.9 Å². The third kappa shape index (κ3) is 5.86. The van der Waals surface area contributed by atoms with E-state index in [9.17, 15) is 9.90 Å². The molecule has 3 aromatic heterocycles. The van der Waals surface area contributed by atoms with Gasteiger partial charge in [-0.2, -0.15) is 0 Å². The molecular weight excluding hydrogens is 639 g/mol. The Kier molecular flexibility index (Phi) is 7.88. The lowest BCUT2D eigenvalue weighted by molar-refractivity contribution is -0.131. The van der Waals surface area contributed by atoms with Crippen molar-refractivity contribution in [2.45, 2.75) is 69.5 Å². The molecule has 4 aromatic rings. The summed E-state index contributed by atoms with van der Waals surface area (Å²) in [4.78, 5) is 22.5. The number of carbonyl (C=O) groups is 1. The molecule has 4 aliphatic carbocycles. The van der Waals surface area contributed by atoms with Crippen LogP contribution in [0.2, 0.25) is 10.0 Å². The van der Waals surface area contributed by atoms with Gasteiger partial charge in [0.1, 0.15) is 17.3 Å². The Morgan fingerprint density at radius 1 is 1.04 bits per heavy atom. The molecule has 1 saturated heterocycles. The van der Waals surface area contributed by atoms with Crippen LogP contribution in [0.1, 0.15) is 84.7 Å². The molecule has 9 rings (SSSR count). The van der Waals surface area contributed by atoms with Crippen LogP contribution in [0, 0.1) is 17.3 Å². The minimum Gasteiger partial charge on any atom is -0.477 e. The van der Waals surface area contributed by atoms with Gasteiger partial charge in [-0.05, 0) is 75.0 Å². The number of aromatic nitrogens is 3. The summed E-state index contributed by atoms with van der Waals surface area (Å²) in [7, 11) is 0. The molecule has 1 N–H and O–H groups in total. The van der Waals surface area contributed by atoms with Gasteiger partial charge in [-0.15, -0.1) is 0 Å². The van der Waals surface area contributed by atoms with Gasteiger partial charge in [-0.3, -0.25) is 4.98 Å². The zero-order chi connectivity index (χ0) is 32.2.